The highest BCUT2D eigenvalue weighted by Crippen LogP contribution is 2.28. The summed E-state index contributed by atoms with van der Waals surface area (Å²) in [6, 6.07) is 14.4. The number of nitrogens with one attached hydrogen (secondary N) is 2. The van der Waals surface area contributed by atoms with Gasteiger partial charge < -0.3 is 45.5 Å². The van der Waals surface area contributed by atoms with Gasteiger partial charge in [0.1, 0.15) is 49.1 Å². The summed E-state index contributed by atoms with van der Waals surface area (Å²) in [6.45, 7) is 2.17. The van der Waals surface area contributed by atoms with E-state index in [0.717, 1.165) is 11.1 Å². The Labute approximate surface area is 271 Å². The number of ether oxygens (including phenoxy) is 4. The van der Waals surface area contributed by atoms with Crippen LogP contribution in [0.2, 0.25) is 0 Å². The van der Waals surface area contributed by atoms with E-state index in [1.54, 1.807) is 48.5 Å². The lowest BCUT2D eigenvalue weighted by molar-refractivity contribution is -0.279. The monoisotopic (exact) mass is 656 g/mol. The van der Waals surface area contributed by atoms with Crippen molar-refractivity contribution in [3.05, 3.63) is 82.2 Å². The van der Waals surface area contributed by atoms with Crippen molar-refractivity contribution in [2.75, 3.05) is 6.61 Å². The van der Waals surface area contributed by atoms with Crippen LogP contribution in [0.15, 0.2) is 65.8 Å². The highest BCUT2D eigenvalue weighted by Gasteiger charge is 2.47. The minimum absolute atomic E-state index is 0.0487. The number of rotatable bonds is 17. The van der Waals surface area contributed by atoms with Crippen LogP contribution in [0, 0.1) is 0 Å². The molecule has 1 aliphatic rings. The number of carbonyl (C=O) groups is 4. The van der Waals surface area contributed by atoms with Crippen LogP contribution in [0.1, 0.15) is 37.8 Å². The number of aliphatic hydroxyl groups is 2. The van der Waals surface area contributed by atoms with Crippen molar-refractivity contribution in [1.29, 1.82) is 0 Å². The lowest BCUT2D eigenvalue weighted by atomic mass is 9.97. The van der Waals surface area contributed by atoms with Crippen molar-refractivity contribution in [1.82, 2.24) is 10.6 Å². The smallest absolute Gasteiger partial charge is 0.306 e. The van der Waals surface area contributed by atoms with E-state index < -0.39 is 79.1 Å². The van der Waals surface area contributed by atoms with Crippen molar-refractivity contribution in [2.45, 2.75) is 88.7 Å². The fraction of sp³-hybridized carbons (Fsp3) is 0.484. The topological polar surface area (TPSA) is 244 Å². The van der Waals surface area contributed by atoms with Gasteiger partial charge >= 0.3 is 5.97 Å². The van der Waals surface area contributed by atoms with Crippen LogP contribution in [0.5, 0.6) is 0 Å². The zero-order chi connectivity index (χ0) is 34.3. The first-order chi connectivity index (χ1) is 22.5. The first-order valence-electron chi connectivity index (χ1n) is 14.9. The molecule has 6 N–H and O–H groups in total. The third kappa shape index (κ3) is 11.3. The molecule has 1 aliphatic heterocycles. The van der Waals surface area contributed by atoms with Crippen molar-refractivity contribution in [3.8, 4) is 0 Å². The summed E-state index contributed by atoms with van der Waals surface area (Å²) < 4.78 is 22.4. The Morgan fingerprint density at radius 2 is 1.62 bits per heavy atom. The molecule has 47 heavy (non-hydrogen) atoms. The molecule has 0 saturated carbocycles. The number of esters is 1. The average Bonchev–Trinajstić information content (AvgIpc) is 3.07. The molecule has 2 aromatic rings. The molecule has 1 heterocycles. The van der Waals surface area contributed by atoms with E-state index in [9.17, 15) is 34.9 Å². The zero-order valence-electron chi connectivity index (χ0n) is 26.0. The van der Waals surface area contributed by atoms with Gasteiger partial charge in [-0.3, -0.25) is 19.2 Å². The fourth-order valence-electron chi connectivity index (χ4n) is 4.63. The van der Waals surface area contributed by atoms with Gasteiger partial charge in [-0.05, 0) is 36.9 Å². The highest BCUT2D eigenvalue weighted by molar-refractivity contribution is 5.92. The summed E-state index contributed by atoms with van der Waals surface area (Å²) in [6.07, 6.45) is -6.92. The maximum Gasteiger partial charge on any atom is 0.306 e. The number of nitrogens with two attached hydrogens (primary N) is 1. The highest BCUT2D eigenvalue weighted by atomic mass is 16.7. The summed E-state index contributed by atoms with van der Waals surface area (Å²) in [5.74, 6) is -3.02. The Hall–Kier alpha value is -4.57. The van der Waals surface area contributed by atoms with Gasteiger partial charge in [0, 0.05) is 11.3 Å². The molecule has 2 aromatic carbocycles. The molecule has 0 unspecified atom stereocenters. The molecule has 0 bridgehead atoms. The van der Waals surface area contributed by atoms with Gasteiger partial charge in [-0.2, -0.15) is 0 Å². The summed E-state index contributed by atoms with van der Waals surface area (Å²) in [4.78, 5) is 52.8. The van der Waals surface area contributed by atoms with Gasteiger partial charge in [-0.15, -0.1) is 0 Å². The van der Waals surface area contributed by atoms with Crippen molar-refractivity contribution >= 4 is 23.7 Å². The minimum Gasteiger partial charge on any atom is -0.461 e. The average molecular weight is 657 g/mol. The Balaban J connectivity index is 1.56. The fourth-order valence-corrected chi connectivity index (χ4v) is 4.63. The lowest BCUT2D eigenvalue weighted by Crippen LogP contribution is -2.61. The lowest BCUT2D eigenvalue weighted by Gasteiger charge is -2.43. The first-order valence-corrected chi connectivity index (χ1v) is 14.9. The summed E-state index contributed by atoms with van der Waals surface area (Å²) in [5.41, 5.74) is 16.2. The van der Waals surface area contributed by atoms with Gasteiger partial charge in [0.15, 0.2) is 6.29 Å². The molecule has 0 aliphatic carbocycles. The maximum absolute atomic E-state index is 13.0. The van der Waals surface area contributed by atoms with Gasteiger partial charge in [-0.1, -0.05) is 65.8 Å². The maximum atomic E-state index is 13.0. The molecule has 3 amide bonds. The molecule has 1 saturated heterocycles. The van der Waals surface area contributed by atoms with Gasteiger partial charge in [0.2, 0.25) is 17.7 Å². The molecule has 0 aromatic heterocycles. The molecular formula is C31H40N6O10. The van der Waals surface area contributed by atoms with E-state index in [0.29, 0.717) is 0 Å². The van der Waals surface area contributed by atoms with Gasteiger partial charge in [-0.25, -0.2) is 0 Å². The summed E-state index contributed by atoms with van der Waals surface area (Å²) in [7, 11) is 0. The zero-order valence-corrected chi connectivity index (χ0v) is 26.0. The number of benzene rings is 2. The normalized spacial score (nSPS) is 22.5. The van der Waals surface area contributed by atoms with Crippen LogP contribution in [0.25, 0.3) is 10.4 Å². The van der Waals surface area contributed by atoms with E-state index in [4.69, 9.17) is 24.7 Å². The number of primary amides is 1. The standard InChI is InChI=1S/C31H40N6O10/c1-18(29(42)35-22(28(32)41)13-14-24(39)44-16-20-9-5-3-6-10-20)34-30(43)19(2)46-27-25(36-37-33)31(47-23(15-38)26(27)40)45-17-21-11-7-4-8-12-21/h3-12,18-19,22-23,25-27,31,38,40H,13-17H2,1-2H3,(H2,32,41)(H,34,43)(H,35,42)/t18-,19+,22+,23+,25+,26+,27+,31-/m0/s1. The van der Waals surface area contributed by atoms with Crippen molar-refractivity contribution in [3.63, 3.8) is 0 Å². The van der Waals surface area contributed by atoms with E-state index in [1.807, 2.05) is 12.1 Å². The number of hydrogen-bond acceptors (Lipinski definition) is 11. The molecule has 3 rings (SSSR count). The molecular weight excluding hydrogens is 616 g/mol. The van der Waals surface area contributed by atoms with Crippen molar-refractivity contribution < 1.29 is 48.3 Å². The largest absolute Gasteiger partial charge is 0.461 e. The Morgan fingerprint density at radius 3 is 2.19 bits per heavy atom. The van der Waals surface area contributed by atoms with E-state index in [1.165, 1.54) is 13.8 Å². The second-order valence-corrected chi connectivity index (χ2v) is 10.8. The molecule has 16 nitrogen and oxygen atoms in total. The molecule has 0 spiro atoms. The van der Waals surface area contributed by atoms with Crippen molar-refractivity contribution in [2.24, 2.45) is 10.8 Å². The number of aliphatic hydroxyl groups excluding tert-OH is 2. The Kier molecular flexibility index (Phi) is 14.6. The van der Waals surface area contributed by atoms with E-state index in [-0.39, 0.29) is 26.1 Å². The number of hydrogen-bond donors (Lipinski definition) is 5. The molecule has 0 radical (unpaired) electrons. The minimum atomic E-state index is -1.52. The molecule has 8 atom stereocenters. The third-order valence-corrected chi connectivity index (χ3v) is 7.29. The molecule has 254 valence electrons. The number of amides is 3. The predicted octanol–water partition coefficient (Wildman–Crippen LogP) is 0.732. The first kappa shape index (κ1) is 36.9. The van der Waals surface area contributed by atoms with Gasteiger partial charge in [0.05, 0.1) is 13.2 Å². The predicted molar refractivity (Wildman–Crippen MR) is 164 cm³/mol. The van der Waals surface area contributed by atoms with Crippen LogP contribution in [0.4, 0.5) is 0 Å². The van der Waals surface area contributed by atoms with E-state index in [2.05, 4.69) is 20.7 Å². The van der Waals surface area contributed by atoms with Crippen LogP contribution in [-0.4, -0.2) is 89.3 Å². The molecule has 1 fully saturated rings. The van der Waals surface area contributed by atoms with E-state index >= 15 is 0 Å². The number of nitrogens with zero attached hydrogens (tertiary/aromatic N) is 3. The Morgan fingerprint density at radius 1 is 1.00 bits per heavy atom. The second kappa shape index (κ2) is 18.5. The van der Waals surface area contributed by atoms with Gasteiger partial charge in [0.25, 0.3) is 0 Å². The number of carbonyl (C=O) groups excluding carboxylic acids is 4. The van der Waals surface area contributed by atoms with Crippen LogP contribution < -0.4 is 16.4 Å². The SMILES string of the molecule is C[C@H](NC(=O)[C@@H](C)O[C@H]1[C@H](O)[C@@H](CO)O[C@H](OCc2ccccc2)[C@@H]1N=[N+]=[N-])C(=O)N[C@H](CCC(=O)OCc1ccccc1)C(N)=O. The van der Waals surface area contributed by atoms with Crippen LogP contribution in [0.3, 0.4) is 0 Å². The number of azide groups is 1. The Bertz CT molecular complexity index is 1380. The third-order valence-electron chi connectivity index (χ3n) is 7.29. The van der Waals surface area contributed by atoms with Crippen LogP contribution in [-0.2, 0) is 51.3 Å². The summed E-state index contributed by atoms with van der Waals surface area (Å²) >= 11 is 0. The quantitative estimate of drug-likeness (QED) is 0.0691. The van der Waals surface area contributed by atoms with Crippen LogP contribution >= 0.6 is 0 Å². The summed E-state index contributed by atoms with van der Waals surface area (Å²) in [5, 5.41) is 29.2. The molecule has 16 heteroatoms. The second-order valence-electron chi connectivity index (χ2n) is 10.8.